The van der Waals surface area contributed by atoms with E-state index in [4.69, 9.17) is 9.47 Å². The van der Waals surface area contributed by atoms with Crippen LogP contribution in [-0.2, 0) is 9.59 Å². The molecule has 0 unspecified atom stereocenters. The van der Waals surface area contributed by atoms with E-state index in [-0.39, 0.29) is 17.9 Å². The molecule has 0 aliphatic carbocycles. The van der Waals surface area contributed by atoms with Crippen molar-refractivity contribution in [3.63, 3.8) is 0 Å². The standard InChI is InChI=1S/C14H18O4/c1-8(2)12-7-13(17-10(4)15)9(3)6-14(12)18-11(5)16/h6-8H,1-5H3. The average Bonchev–Trinajstić information content (AvgIpc) is 2.19. The molecule has 4 heteroatoms. The van der Waals surface area contributed by atoms with Crippen LogP contribution in [0.4, 0.5) is 0 Å². The molecule has 1 aromatic carbocycles. The van der Waals surface area contributed by atoms with Gasteiger partial charge in [0, 0.05) is 19.4 Å². The monoisotopic (exact) mass is 250 g/mol. The van der Waals surface area contributed by atoms with Crippen LogP contribution in [0.3, 0.4) is 0 Å². The van der Waals surface area contributed by atoms with Crippen LogP contribution in [0.25, 0.3) is 0 Å². The zero-order valence-electron chi connectivity index (χ0n) is 11.4. The molecule has 0 heterocycles. The van der Waals surface area contributed by atoms with Crippen molar-refractivity contribution in [3.05, 3.63) is 23.3 Å². The Morgan fingerprint density at radius 1 is 1.00 bits per heavy atom. The summed E-state index contributed by atoms with van der Waals surface area (Å²) < 4.78 is 10.3. The molecule has 18 heavy (non-hydrogen) atoms. The number of carbonyl (C=O) groups excluding carboxylic acids is 2. The molecule has 0 aliphatic heterocycles. The minimum Gasteiger partial charge on any atom is -0.426 e. The topological polar surface area (TPSA) is 52.6 Å². The van der Waals surface area contributed by atoms with Crippen molar-refractivity contribution in [2.75, 3.05) is 0 Å². The van der Waals surface area contributed by atoms with Crippen LogP contribution >= 0.6 is 0 Å². The third-order valence-electron chi connectivity index (χ3n) is 2.44. The lowest BCUT2D eigenvalue weighted by Gasteiger charge is -2.15. The molecule has 0 N–H and O–H groups in total. The lowest BCUT2D eigenvalue weighted by atomic mass is 10.00. The van der Waals surface area contributed by atoms with E-state index in [2.05, 4.69) is 0 Å². The number of carbonyl (C=O) groups is 2. The summed E-state index contributed by atoms with van der Waals surface area (Å²) in [5.41, 5.74) is 1.60. The molecule has 0 spiro atoms. The highest BCUT2D eigenvalue weighted by atomic mass is 16.5. The average molecular weight is 250 g/mol. The first kappa shape index (κ1) is 14.2. The molecule has 0 aromatic heterocycles. The van der Waals surface area contributed by atoms with Gasteiger partial charge in [-0.15, -0.1) is 0 Å². The second-order valence-electron chi connectivity index (χ2n) is 4.50. The maximum Gasteiger partial charge on any atom is 0.308 e. The van der Waals surface area contributed by atoms with E-state index >= 15 is 0 Å². The zero-order chi connectivity index (χ0) is 13.9. The Kier molecular flexibility index (Phi) is 4.48. The molecule has 0 saturated carbocycles. The van der Waals surface area contributed by atoms with Gasteiger partial charge in [-0.05, 0) is 30.5 Å². The van der Waals surface area contributed by atoms with Gasteiger partial charge >= 0.3 is 11.9 Å². The molecular weight excluding hydrogens is 232 g/mol. The Bertz CT molecular complexity index is 475. The maximum absolute atomic E-state index is 11.1. The van der Waals surface area contributed by atoms with Crippen LogP contribution in [0.5, 0.6) is 11.5 Å². The van der Waals surface area contributed by atoms with E-state index in [1.54, 1.807) is 19.1 Å². The van der Waals surface area contributed by atoms with Crippen LogP contribution in [0.1, 0.15) is 44.7 Å². The highest BCUT2D eigenvalue weighted by Gasteiger charge is 2.15. The normalized spacial score (nSPS) is 10.3. The van der Waals surface area contributed by atoms with Gasteiger partial charge < -0.3 is 9.47 Å². The number of hydrogen-bond donors (Lipinski definition) is 0. The summed E-state index contributed by atoms with van der Waals surface area (Å²) in [5, 5.41) is 0. The first-order valence-corrected chi connectivity index (χ1v) is 5.82. The van der Waals surface area contributed by atoms with Crippen molar-refractivity contribution < 1.29 is 19.1 Å². The molecule has 0 aliphatic rings. The molecule has 0 bridgehead atoms. The van der Waals surface area contributed by atoms with Crippen LogP contribution in [-0.4, -0.2) is 11.9 Å². The first-order valence-electron chi connectivity index (χ1n) is 5.82. The highest BCUT2D eigenvalue weighted by Crippen LogP contribution is 2.33. The number of esters is 2. The molecular formula is C14H18O4. The largest absolute Gasteiger partial charge is 0.426 e. The Morgan fingerprint density at radius 2 is 1.50 bits per heavy atom. The van der Waals surface area contributed by atoms with Crippen molar-refractivity contribution in [1.29, 1.82) is 0 Å². The predicted molar refractivity (Wildman–Crippen MR) is 67.9 cm³/mol. The van der Waals surface area contributed by atoms with Gasteiger partial charge in [-0.25, -0.2) is 0 Å². The summed E-state index contributed by atoms with van der Waals surface area (Å²) >= 11 is 0. The SMILES string of the molecule is CC(=O)Oc1cc(C(C)C)c(OC(C)=O)cc1C. The fourth-order valence-corrected chi connectivity index (χ4v) is 1.64. The van der Waals surface area contributed by atoms with Crippen LogP contribution in [0.15, 0.2) is 12.1 Å². The minimum absolute atomic E-state index is 0.161. The predicted octanol–water partition coefficient (Wildman–Crippen LogP) is 2.97. The fourth-order valence-electron chi connectivity index (χ4n) is 1.64. The third kappa shape index (κ3) is 3.58. The van der Waals surface area contributed by atoms with Crippen molar-refractivity contribution in [1.82, 2.24) is 0 Å². The van der Waals surface area contributed by atoms with Crippen LogP contribution < -0.4 is 9.47 Å². The number of aryl methyl sites for hydroxylation is 1. The van der Waals surface area contributed by atoms with E-state index < -0.39 is 0 Å². The molecule has 0 fully saturated rings. The zero-order valence-corrected chi connectivity index (χ0v) is 11.4. The number of rotatable bonds is 3. The van der Waals surface area contributed by atoms with Gasteiger partial charge in [0.05, 0.1) is 0 Å². The Hall–Kier alpha value is -1.84. The highest BCUT2D eigenvalue weighted by molar-refractivity contribution is 5.72. The second kappa shape index (κ2) is 5.67. The summed E-state index contributed by atoms with van der Waals surface area (Å²) in [6.45, 7) is 8.48. The van der Waals surface area contributed by atoms with Gasteiger partial charge in [0.25, 0.3) is 0 Å². The Morgan fingerprint density at radius 3 is 1.94 bits per heavy atom. The van der Waals surface area contributed by atoms with Gasteiger partial charge in [-0.1, -0.05) is 13.8 Å². The second-order valence-corrected chi connectivity index (χ2v) is 4.50. The van der Waals surface area contributed by atoms with E-state index in [1.165, 1.54) is 13.8 Å². The minimum atomic E-state index is -0.368. The van der Waals surface area contributed by atoms with Gasteiger partial charge in [0.2, 0.25) is 0 Å². The third-order valence-corrected chi connectivity index (χ3v) is 2.44. The fraction of sp³-hybridized carbons (Fsp3) is 0.429. The summed E-state index contributed by atoms with van der Waals surface area (Å²) in [4.78, 5) is 22.1. The van der Waals surface area contributed by atoms with Gasteiger partial charge in [0.1, 0.15) is 11.5 Å². The Labute approximate surface area is 107 Å². The molecule has 1 aromatic rings. The number of benzene rings is 1. The van der Waals surface area contributed by atoms with E-state index in [0.29, 0.717) is 11.5 Å². The maximum atomic E-state index is 11.1. The van der Waals surface area contributed by atoms with Gasteiger partial charge in [0.15, 0.2) is 0 Å². The Balaban J connectivity index is 3.24. The first-order chi connectivity index (χ1) is 8.31. The summed E-state index contributed by atoms with van der Waals surface area (Å²) in [5.74, 6) is 0.451. The van der Waals surface area contributed by atoms with Crippen LogP contribution in [0.2, 0.25) is 0 Å². The van der Waals surface area contributed by atoms with Crippen molar-refractivity contribution in [3.8, 4) is 11.5 Å². The summed E-state index contributed by atoms with van der Waals surface area (Å²) in [7, 11) is 0. The van der Waals surface area contributed by atoms with Gasteiger partial charge in [-0.3, -0.25) is 9.59 Å². The van der Waals surface area contributed by atoms with Gasteiger partial charge in [-0.2, -0.15) is 0 Å². The molecule has 0 radical (unpaired) electrons. The van der Waals surface area contributed by atoms with Crippen molar-refractivity contribution in [2.24, 2.45) is 0 Å². The molecule has 0 saturated heterocycles. The smallest absolute Gasteiger partial charge is 0.308 e. The molecule has 0 amide bonds. The van der Waals surface area contributed by atoms with E-state index in [9.17, 15) is 9.59 Å². The molecule has 1 rings (SSSR count). The molecule has 0 atom stereocenters. The van der Waals surface area contributed by atoms with E-state index in [0.717, 1.165) is 11.1 Å². The summed E-state index contributed by atoms with van der Waals surface area (Å²) in [6.07, 6.45) is 0. The number of ether oxygens (including phenoxy) is 2. The lowest BCUT2D eigenvalue weighted by molar-refractivity contribution is -0.133. The lowest BCUT2D eigenvalue weighted by Crippen LogP contribution is -2.08. The summed E-state index contributed by atoms with van der Waals surface area (Å²) in [6, 6.07) is 3.47. The molecule has 4 nitrogen and oxygen atoms in total. The van der Waals surface area contributed by atoms with Crippen LogP contribution in [0, 0.1) is 6.92 Å². The van der Waals surface area contributed by atoms with Crippen molar-refractivity contribution >= 4 is 11.9 Å². The quantitative estimate of drug-likeness (QED) is 0.611. The number of hydrogen-bond acceptors (Lipinski definition) is 4. The molecule has 98 valence electrons. The van der Waals surface area contributed by atoms with Crippen molar-refractivity contribution in [2.45, 2.75) is 40.5 Å². The van der Waals surface area contributed by atoms with E-state index in [1.807, 2.05) is 13.8 Å².